The van der Waals surface area contributed by atoms with Crippen LogP contribution in [0, 0.1) is 0 Å². The normalized spacial score (nSPS) is 11.4. The average Bonchev–Trinajstić information content (AvgIpc) is 3.21. The summed E-state index contributed by atoms with van der Waals surface area (Å²) in [4.78, 5) is 16.2. The molecule has 0 unspecified atom stereocenters. The minimum Gasteiger partial charge on any atom is -0.469 e. The fourth-order valence-corrected chi connectivity index (χ4v) is 4.21. The first-order valence-electron chi connectivity index (χ1n) is 8.76. The smallest absolute Gasteiger partial charge is 0.261 e. The molecule has 0 spiro atoms. The van der Waals surface area contributed by atoms with Gasteiger partial charge in [-0.1, -0.05) is 30.3 Å². The van der Waals surface area contributed by atoms with E-state index in [4.69, 9.17) is 10.2 Å². The Morgan fingerprint density at radius 1 is 1.03 bits per heavy atom. The van der Waals surface area contributed by atoms with Crippen LogP contribution in [0.5, 0.6) is 0 Å². The number of carbonyl (C=O) groups is 1. The van der Waals surface area contributed by atoms with E-state index in [1.54, 1.807) is 24.3 Å². The molecule has 4 rings (SSSR count). The standard InChI is InChI=1S/C21H17N3O4S/c22-21(25)18-9-10-23-19(13-16-6-3-11-28-16)20(18)24-29(26,27)17-8-7-14-4-1-2-5-15(14)12-17/h1-12,24H,13H2,(H2,22,25). The second-order valence-corrected chi connectivity index (χ2v) is 8.10. The highest BCUT2D eigenvalue weighted by Crippen LogP contribution is 2.26. The minimum absolute atomic E-state index is 0.0333. The average molecular weight is 407 g/mol. The highest BCUT2D eigenvalue weighted by Gasteiger charge is 2.22. The number of hydrogen-bond acceptors (Lipinski definition) is 5. The molecule has 29 heavy (non-hydrogen) atoms. The van der Waals surface area contributed by atoms with Crippen molar-refractivity contribution in [1.82, 2.24) is 4.98 Å². The Kier molecular flexibility index (Phi) is 4.77. The first-order valence-corrected chi connectivity index (χ1v) is 10.2. The van der Waals surface area contributed by atoms with Gasteiger partial charge in [-0.2, -0.15) is 0 Å². The maximum Gasteiger partial charge on any atom is 0.261 e. The zero-order chi connectivity index (χ0) is 20.4. The van der Waals surface area contributed by atoms with E-state index in [9.17, 15) is 13.2 Å². The van der Waals surface area contributed by atoms with Crippen LogP contribution in [0.1, 0.15) is 21.8 Å². The molecule has 146 valence electrons. The largest absolute Gasteiger partial charge is 0.469 e. The van der Waals surface area contributed by atoms with Crippen LogP contribution < -0.4 is 10.5 Å². The van der Waals surface area contributed by atoms with Crippen LogP contribution in [0.15, 0.2) is 82.4 Å². The van der Waals surface area contributed by atoms with E-state index < -0.39 is 15.9 Å². The van der Waals surface area contributed by atoms with Crippen LogP contribution in [-0.2, 0) is 16.4 Å². The number of nitrogens with one attached hydrogen (secondary N) is 1. The van der Waals surface area contributed by atoms with E-state index in [0.717, 1.165) is 10.8 Å². The molecule has 0 fully saturated rings. The van der Waals surface area contributed by atoms with Gasteiger partial charge in [0.2, 0.25) is 0 Å². The molecule has 2 heterocycles. The molecule has 0 bridgehead atoms. The van der Waals surface area contributed by atoms with Crippen molar-refractivity contribution in [3.8, 4) is 0 Å². The molecule has 0 saturated heterocycles. The van der Waals surface area contributed by atoms with Crippen molar-refractivity contribution in [1.29, 1.82) is 0 Å². The van der Waals surface area contributed by atoms with Crippen LogP contribution in [0.25, 0.3) is 10.8 Å². The topological polar surface area (TPSA) is 115 Å². The van der Waals surface area contributed by atoms with E-state index in [-0.39, 0.29) is 22.6 Å². The van der Waals surface area contributed by atoms with Crippen LogP contribution in [0.4, 0.5) is 5.69 Å². The number of primary amides is 1. The number of nitrogens with two attached hydrogens (primary N) is 1. The van der Waals surface area contributed by atoms with Crippen LogP contribution in [-0.4, -0.2) is 19.3 Å². The predicted octanol–water partition coefficient (Wildman–Crippen LogP) is 3.32. The Morgan fingerprint density at radius 2 is 1.83 bits per heavy atom. The van der Waals surface area contributed by atoms with E-state index in [0.29, 0.717) is 11.5 Å². The number of furan rings is 1. The molecule has 2 aromatic heterocycles. The lowest BCUT2D eigenvalue weighted by Crippen LogP contribution is -2.20. The van der Waals surface area contributed by atoms with Crippen molar-refractivity contribution >= 4 is 32.4 Å². The number of benzene rings is 2. The summed E-state index contributed by atoms with van der Waals surface area (Å²) < 4.78 is 33.9. The Labute approximate surface area is 167 Å². The molecule has 1 amide bonds. The quantitative estimate of drug-likeness (QED) is 0.509. The lowest BCUT2D eigenvalue weighted by molar-refractivity contribution is 0.100. The van der Waals surface area contributed by atoms with Crippen molar-refractivity contribution in [2.75, 3.05) is 4.72 Å². The summed E-state index contributed by atoms with van der Waals surface area (Å²) in [6.07, 6.45) is 3.11. The lowest BCUT2D eigenvalue weighted by atomic mass is 10.1. The first-order chi connectivity index (χ1) is 13.9. The Bertz CT molecular complexity index is 1300. The first kappa shape index (κ1) is 18.7. The highest BCUT2D eigenvalue weighted by molar-refractivity contribution is 7.92. The summed E-state index contributed by atoms with van der Waals surface area (Å²) in [5, 5.41) is 1.71. The summed E-state index contributed by atoms with van der Waals surface area (Å²) in [5.74, 6) is -0.186. The van der Waals surface area contributed by atoms with Crippen LogP contribution in [0.2, 0.25) is 0 Å². The molecule has 3 N–H and O–H groups in total. The fraction of sp³-hybridized carbons (Fsp3) is 0.0476. The van der Waals surface area contributed by atoms with Crippen molar-refractivity contribution in [2.45, 2.75) is 11.3 Å². The Balaban J connectivity index is 1.77. The van der Waals surface area contributed by atoms with Gasteiger partial charge < -0.3 is 10.2 Å². The third-order valence-corrected chi connectivity index (χ3v) is 5.83. The van der Waals surface area contributed by atoms with Crippen molar-refractivity contribution in [3.63, 3.8) is 0 Å². The molecule has 0 aliphatic heterocycles. The van der Waals surface area contributed by atoms with E-state index in [1.165, 1.54) is 24.6 Å². The molecule has 8 heteroatoms. The molecule has 0 radical (unpaired) electrons. The maximum atomic E-state index is 13.1. The van der Waals surface area contributed by atoms with Crippen molar-refractivity contribution in [2.24, 2.45) is 5.73 Å². The highest BCUT2D eigenvalue weighted by atomic mass is 32.2. The molecule has 0 atom stereocenters. The molecule has 4 aromatic rings. The lowest BCUT2D eigenvalue weighted by Gasteiger charge is -2.15. The minimum atomic E-state index is -3.99. The third kappa shape index (κ3) is 3.83. The van der Waals surface area contributed by atoms with Gasteiger partial charge in [-0.05, 0) is 41.1 Å². The maximum absolute atomic E-state index is 13.1. The summed E-state index contributed by atoms with van der Waals surface area (Å²) in [5.41, 5.74) is 5.88. The Hall–Kier alpha value is -3.65. The number of anilines is 1. The molecule has 7 nitrogen and oxygen atoms in total. The van der Waals surface area contributed by atoms with Gasteiger partial charge in [-0.15, -0.1) is 0 Å². The summed E-state index contributed by atoms with van der Waals surface area (Å²) in [7, 11) is -3.99. The second kappa shape index (κ2) is 7.40. The van der Waals surface area contributed by atoms with Crippen molar-refractivity contribution < 1.29 is 17.6 Å². The van der Waals surface area contributed by atoms with Crippen LogP contribution >= 0.6 is 0 Å². The van der Waals surface area contributed by atoms with Gasteiger partial charge >= 0.3 is 0 Å². The summed E-state index contributed by atoms with van der Waals surface area (Å²) >= 11 is 0. The van der Waals surface area contributed by atoms with Crippen molar-refractivity contribution in [3.05, 3.63) is 90.1 Å². The fourth-order valence-electron chi connectivity index (χ4n) is 3.06. The monoisotopic (exact) mass is 407 g/mol. The number of pyridine rings is 1. The summed E-state index contributed by atoms with van der Waals surface area (Å²) in [6, 6.07) is 17.1. The molecule has 0 saturated carbocycles. The van der Waals surface area contributed by atoms with Gasteiger partial charge in [0.25, 0.3) is 15.9 Å². The van der Waals surface area contributed by atoms with Gasteiger partial charge in [0, 0.05) is 6.20 Å². The molecule has 2 aromatic carbocycles. The van der Waals surface area contributed by atoms with Gasteiger partial charge in [0.05, 0.1) is 34.5 Å². The molecular weight excluding hydrogens is 390 g/mol. The summed E-state index contributed by atoms with van der Waals surface area (Å²) in [6.45, 7) is 0. The van der Waals surface area contributed by atoms with E-state index >= 15 is 0 Å². The van der Waals surface area contributed by atoms with Gasteiger partial charge in [-0.3, -0.25) is 14.5 Å². The number of amides is 1. The third-order valence-electron chi connectivity index (χ3n) is 4.48. The van der Waals surface area contributed by atoms with Gasteiger partial charge in [0.1, 0.15) is 5.76 Å². The van der Waals surface area contributed by atoms with E-state index in [1.807, 2.05) is 24.3 Å². The SMILES string of the molecule is NC(=O)c1ccnc(Cc2ccco2)c1NS(=O)(=O)c1ccc2ccccc2c1. The zero-order valence-electron chi connectivity index (χ0n) is 15.2. The van der Waals surface area contributed by atoms with Gasteiger partial charge in [0.15, 0.2) is 0 Å². The van der Waals surface area contributed by atoms with Crippen LogP contribution in [0.3, 0.4) is 0 Å². The number of carbonyl (C=O) groups excluding carboxylic acids is 1. The number of hydrogen-bond donors (Lipinski definition) is 2. The molecule has 0 aliphatic carbocycles. The zero-order valence-corrected chi connectivity index (χ0v) is 16.0. The molecular formula is C21H17N3O4S. The number of sulfonamides is 1. The second-order valence-electron chi connectivity index (χ2n) is 6.42. The number of fused-ring (bicyclic) bond motifs is 1. The Morgan fingerprint density at radius 3 is 2.55 bits per heavy atom. The number of aromatic nitrogens is 1. The predicted molar refractivity (Wildman–Crippen MR) is 109 cm³/mol. The van der Waals surface area contributed by atoms with E-state index in [2.05, 4.69) is 9.71 Å². The number of nitrogens with zero attached hydrogens (tertiary/aromatic N) is 1. The van der Waals surface area contributed by atoms with Gasteiger partial charge in [-0.25, -0.2) is 8.42 Å². The molecule has 0 aliphatic rings. The number of rotatable bonds is 6.